The Labute approximate surface area is 111 Å². The van der Waals surface area contributed by atoms with Crippen molar-refractivity contribution in [2.45, 2.75) is 52.1 Å². The van der Waals surface area contributed by atoms with E-state index in [1.807, 2.05) is 0 Å². The van der Waals surface area contributed by atoms with Gasteiger partial charge in [0, 0.05) is 12.3 Å². The molecule has 0 aromatic heterocycles. The van der Waals surface area contributed by atoms with Gasteiger partial charge in [-0.1, -0.05) is 26.7 Å². The Morgan fingerprint density at radius 2 is 1.72 bits per heavy atom. The lowest BCUT2D eigenvalue weighted by Gasteiger charge is -2.21. The predicted molar refractivity (Wildman–Crippen MR) is 75.3 cm³/mol. The third kappa shape index (κ3) is 5.41. The van der Waals surface area contributed by atoms with Crippen LogP contribution in [0.2, 0.25) is 0 Å². The molecule has 1 heterocycles. The first kappa shape index (κ1) is 16.2. The van der Waals surface area contributed by atoms with Crippen molar-refractivity contribution in [3.63, 3.8) is 0 Å². The third-order valence-electron chi connectivity index (χ3n) is 3.24. The molecule has 0 saturated carbocycles. The van der Waals surface area contributed by atoms with Gasteiger partial charge in [0.15, 0.2) is 9.84 Å². The summed E-state index contributed by atoms with van der Waals surface area (Å²) in [6.07, 6.45) is 5.12. The van der Waals surface area contributed by atoms with Crippen LogP contribution in [0, 0.1) is 0 Å². The summed E-state index contributed by atoms with van der Waals surface area (Å²) in [7, 11) is -5.58. The van der Waals surface area contributed by atoms with E-state index in [1.54, 1.807) is 0 Å². The molecule has 0 amide bonds. The molecule has 0 spiro atoms. The van der Waals surface area contributed by atoms with Crippen molar-refractivity contribution < 1.29 is 17.5 Å². The van der Waals surface area contributed by atoms with E-state index in [9.17, 15) is 13.0 Å². The van der Waals surface area contributed by atoms with Crippen LogP contribution in [-0.2, 0) is 18.9 Å². The van der Waals surface area contributed by atoms with Crippen LogP contribution in [0.1, 0.15) is 46.0 Å². The van der Waals surface area contributed by atoms with Crippen LogP contribution in [0.4, 0.5) is 0 Å². The molecule has 108 valence electrons. The maximum atomic E-state index is 12.7. The maximum Gasteiger partial charge on any atom is 0.203 e. The first-order chi connectivity index (χ1) is 8.41. The van der Waals surface area contributed by atoms with Crippen molar-refractivity contribution in [1.82, 2.24) is 0 Å². The van der Waals surface area contributed by atoms with Crippen LogP contribution in [-0.4, -0.2) is 38.4 Å². The number of sulfone groups is 1. The topological polar surface area (TPSA) is 60.4 Å². The van der Waals surface area contributed by atoms with E-state index in [0.29, 0.717) is 18.7 Å². The normalized spacial score (nSPS) is 23.3. The summed E-state index contributed by atoms with van der Waals surface area (Å²) in [5, 5.41) is 0. The largest absolute Gasteiger partial charge is 0.324 e. The Morgan fingerprint density at radius 3 is 2.11 bits per heavy atom. The minimum atomic E-state index is -2.95. The Balaban J connectivity index is 2.58. The first-order valence-corrected chi connectivity index (χ1v) is 10.7. The van der Waals surface area contributed by atoms with Crippen molar-refractivity contribution in [1.29, 1.82) is 0 Å². The standard InChI is InChI=1S/C12H25O4PS/c1-3-5-8-17(13,9-6-4-2)16-12-7-10-18(14,15)11-12/h12H,3-11H2,1-2H3/t12-/m1/s1. The van der Waals surface area contributed by atoms with Crippen LogP contribution in [0.25, 0.3) is 0 Å². The first-order valence-electron chi connectivity index (χ1n) is 6.87. The molecule has 1 rings (SSSR count). The number of hydrogen-bond acceptors (Lipinski definition) is 4. The fourth-order valence-corrected chi connectivity index (χ4v) is 6.58. The Hall–Kier alpha value is 0.140. The van der Waals surface area contributed by atoms with Gasteiger partial charge in [0.1, 0.15) is 0 Å². The summed E-state index contributed by atoms with van der Waals surface area (Å²) in [5.41, 5.74) is 0. The lowest BCUT2D eigenvalue weighted by molar-refractivity contribution is 0.229. The summed E-state index contributed by atoms with van der Waals surface area (Å²) in [4.78, 5) is 0. The highest BCUT2D eigenvalue weighted by atomic mass is 32.2. The van der Waals surface area contributed by atoms with Crippen molar-refractivity contribution in [2.24, 2.45) is 0 Å². The van der Waals surface area contributed by atoms with Crippen LogP contribution in [0.15, 0.2) is 0 Å². The zero-order chi connectivity index (χ0) is 13.6. The smallest absolute Gasteiger partial charge is 0.203 e. The zero-order valence-corrected chi connectivity index (χ0v) is 13.1. The molecule has 1 saturated heterocycles. The summed E-state index contributed by atoms with van der Waals surface area (Å²) in [6.45, 7) is 4.12. The lowest BCUT2D eigenvalue weighted by atomic mass is 10.3. The van der Waals surface area contributed by atoms with Gasteiger partial charge in [0.2, 0.25) is 7.37 Å². The predicted octanol–water partition coefficient (Wildman–Crippen LogP) is 3.07. The summed E-state index contributed by atoms with van der Waals surface area (Å²) in [5.74, 6) is 0.231. The molecule has 0 unspecified atom stereocenters. The maximum absolute atomic E-state index is 12.7. The highest BCUT2D eigenvalue weighted by molar-refractivity contribution is 7.91. The molecule has 0 aromatic carbocycles. The summed E-state index contributed by atoms with van der Waals surface area (Å²) >= 11 is 0. The summed E-state index contributed by atoms with van der Waals surface area (Å²) < 4.78 is 41.2. The molecule has 1 atom stereocenters. The Morgan fingerprint density at radius 1 is 1.17 bits per heavy atom. The van der Waals surface area contributed by atoms with Crippen molar-refractivity contribution in [2.75, 3.05) is 23.8 Å². The van der Waals surface area contributed by atoms with Gasteiger partial charge in [-0.2, -0.15) is 0 Å². The second-order valence-corrected chi connectivity index (χ2v) is 10.1. The highest BCUT2D eigenvalue weighted by Gasteiger charge is 2.34. The number of unbranched alkanes of at least 4 members (excludes halogenated alkanes) is 2. The quantitative estimate of drug-likeness (QED) is 0.646. The van der Waals surface area contributed by atoms with Gasteiger partial charge >= 0.3 is 0 Å². The molecule has 0 bridgehead atoms. The molecule has 0 N–H and O–H groups in total. The molecule has 6 heteroatoms. The van der Waals surface area contributed by atoms with Gasteiger partial charge < -0.3 is 4.52 Å². The van der Waals surface area contributed by atoms with E-state index in [2.05, 4.69) is 13.8 Å². The van der Waals surface area contributed by atoms with Gasteiger partial charge in [-0.05, 0) is 19.3 Å². The van der Waals surface area contributed by atoms with E-state index in [4.69, 9.17) is 4.52 Å². The van der Waals surface area contributed by atoms with Crippen LogP contribution < -0.4 is 0 Å². The minimum Gasteiger partial charge on any atom is -0.324 e. The fourth-order valence-electron chi connectivity index (χ4n) is 2.13. The van der Waals surface area contributed by atoms with Gasteiger partial charge in [0.05, 0.1) is 17.6 Å². The number of hydrogen-bond donors (Lipinski definition) is 0. The monoisotopic (exact) mass is 296 g/mol. The van der Waals surface area contributed by atoms with Crippen LogP contribution in [0.5, 0.6) is 0 Å². The molecule has 18 heavy (non-hydrogen) atoms. The second-order valence-electron chi connectivity index (χ2n) is 5.10. The molecule has 0 radical (unpaired) electrons. The van der Waals surface area contributed by atoms with Crippen molar-refractivity contribution in [3.8, 4) is 0 Å². The van der Waals surface area contributed by atoms with E-state index in [0.717, 1.165) is 25.7 Å². The average molecular weight is 296 g/mol. The van der Waals surface area contributed by atoms with Crippen molar-refractivity contribution in [3.05, 3.63) is 0 Å². The molecule has 0 aromatic rings. The van der Waals surface area contributed by atoms with E-state index in [1.165, 1.54) is 0 Å². The van der Waals surface area contributed by atoms with Crippen molar-refractivity contribution >= 4 is 17.2 Å². The molecule has 1 fully saturated rings. The molecule has 4 nitrogen and oxygen atoms in total. The van der Waals surface area contributed by atoms with Gasteiger partial charge in [0.25, 0.3) is 0 Å². The van der Waals surface area contributed by atoms with E-state index >= 15 is 0 Å². The Bertz CT molecular complexity index is 379. The SMILES string of the molecule is CCCCP(=O)(CCCC)O[C@@H]1CCS(=O)(=O)C1. The van der Waals surface area contributed by atoms with Gasteiger partial charge in [-0.15, -0.1) is 0 Å². The molecule has 0 aliphatic carbocycles. The molecular formula is C12H25O4PS. The average Bonchev–Trinajstić information content (AvgIpc) is 2.63. The second kappa shape index (κ2) is 7.06. The lowest BCUT2D eigenvalue weighted by Crippen LogP contribution is -2.15. The summed E-state index contributed by atoms with van der Waals surface area (Å²) in [6, 6.07) is 0. The Kier molecular flexibility index (Phi) is 6.36. The number of rotatable bonds is 8. The molecule has 1 aliphatic rings. The molecule has 1 aliphatic heterocycles. The minimum absolute atomic E-state index is 0.0508. The van der Waals surface area contributed by atoms with E-state index < -0.39 is 17.2 Å². The van der Waals surface area contributed by atoms with Gasteiger partial charge in [-0.25, -0.2) is 8.42 Å². The zero-order valence-electron chi connectivity index (χ0n) is 11.4. The van der Waals surface area contributed by atoms with Gasteiger partial charge in [-0.3, -0.25) is 4.57 Å². The van der Waals surface area contributed by atoms with E-state index in [-0.39, 0.29) is 17.6 Å². The third-order valence-corrected chi connectivity index (χ3v) is 7.65. The highest BCUT2D eigenvalue weighted by Crippen LogP contribution is 2.50. The fraction of sp³-hybridized carbons (Fsp3) is 1.00. The van der Waals surface area contributed by atoms with Crippen LogP contribution in [0.3, 0.4) is 0 Å². The molecular weight excluding hydrogens is 271 g/mol. The van der Waals surface area contributed by atoms with Crippen LogP contribution >= 0.6 is 7.37 Å².